The molecule has 0 aromatic carbocycles. The van der Waals surface area contributed by atoms with E-state index >= 15 is 0 Å². The van der Waals surface area contributed by atoms with Crippen molar-refractivity contribution in [1.29, 1.82) is 0 Å². The average molecular weight is 764 g/mol. The van der Waals surface area contributed by atoms with Crippen molar-refractivity contribution in [3.05, 3.63) is 12.2 Å². The van der Waals surface area contributed by atoms with Gasteiger partial charge in [0.05, 0.1) is 36.9 Å². The first-order valence-electron chi connectivity index (χ1n) is 19.2. The summed E-state index contributed by atoms with van der Waals surface area (Å²) in [5.41, 5.74) is 0. The fraction of sp³-hybridized carbons (Fsp3) is 0.917. The lowest BCUT2D eigenvalue weighted by atomic mass is 9.73. The van der Waals surface area contributed by atoms with Gasteiger partial charge in [0.2, 0.25) is 0 Å². The lowest BCUT2D eigenvalue weighted by Gasteiger charge is -2.50. The van der Waals surface area contributed by atoms with Gasteiger partial charge in [0.1, 0.15) is 61.5 Å². The van der Waals surface area contributed by atoms with Gasteiger partial charge in [-0.05, 0) is 63.7 Å². The smallest absolute Gasteiger partial charge is 0.330 e. The van der Waals surface area contributed by atoms with Gasteiger partial charge in [0.15, 0.2) is 24.8 Å². The van der Waals surface area contributed by atoms with Crippen molar-refractivity contribution in [1.82, 2.24) is 0 Å². The molecule has 6 aliphatic rings. The van der Waals surface area contributed by atoms with Crippen LogP contribution in [0.5, 0.6) is 0 Å². The van der Waals surface area contributed by atoms with Crippen molar-refractivity contribution in [2.75, 3.05) is 13.2 Å². The highest BCUT2D eigenvalue weighted by Crippen LogP contribution is 2.44. The standard InChI is InChI=1S/C36H58O17/c37-14-25-28(42)30(44)32(46)35(52-25)50-23-12-20(40)11-22-21(23)13-24(34(49-22)17-4-8-19(39)9-5-17)51-36-33(47)31(45)29(43)26(53-36)15-48-27(41)10-3-16-1-6-18(38)7-2-16/h3,10,16-26,28-40,42-47H,1-2,4-9,11-15H2/p+1. The van der Waals surface area contributed by atoms with Crippen LogP contribution < -0.4 is 0 Å². The Kier molecular flexibility index (Phi) is 14.2. The lowest BCUT2D eigenvalue weighted by Crippen LogP contribution is -2.64. The number of aliphatic hydroxyl groups excluding tert-OH is 10. The Balaban J connectivity index is 1.15. The zero-order valence-corrected chi connectivity index (χ0v) is 29.8. The van der Waals surface area contributed by atoms with Crippen molar-refractivity contribution < 1.29 is 84.3 Å². The summed E-state index contributed by atoms with van der Waals surface area (Å²) in [5.74, 6) is -0.992. The molecule has 0 aromatic rings. The first-order chi connectivity index (χ1) is 25.3. The van der Waals surface area contributed by atoms with E-state index in [2.05, 4.69) is 0 Å². The topological polar surface area (TPSA) is 278 Å². The number of carbonyl (C=O) groups excluding carboxylic acids is 1. The molecule has 6 rings (SSSR count). The normalized spacial score (nSPS) is 49.7. The number of fused-ring (bicyclic) bond motifs is 1. The molecule has 6 fully saturated rings. The van der Waals surface area contributed by atoms with Gasteiger partial charge in [-0.1, -0.05) is 6.08 Å². The highest BCUT2D eigenvalue weighted by atomic mass is 16.7. The molecule has 0 spiro atoms. The summed E-state index contributed by atoms with van der Waals surface area (Å²) < 4.78 is 34.7. The van der Waals surface area contributed by atoms with Crippen LogP contribution in [0, 0.1) is 17.8 Å². The maximum Gasteiger partial charge on any atom is 0.330 e. The number of carbonyl (C=O) groups is 1. The third-order valence-electron chi connectivity index (χ3n) is 12.2. The molecule has 3 aliphatic heterocycles. The minimum Gasteiger partial charge on any atom is -0.460 e. The zero-order valence-electron chi connectivity index (χ0n) is 29.8. The number of aliphatic hydroxyl groups is 12. The monoisotopic (exact) mass is 763 g/mol. The number of rotatable bonds is 10. The van der Waals surface area contributed by atoms with E-state index in [0.717, 1.165) is 12.8 Å². The van der Waals surface area contributed by atoms with Gasteiger partial charge in [-0.3, -0.25) is 0 Å². The second-order valence-corrected chi connectivity index (χ2v) is 15.9. The number of allylic oxidation sites excluding steroid dienone is 1. The molecule has 3 aliphatic carbocycles. The fourth-order valence-corrected chi connectivity index (χ4v) is 9.02. The van der Waals surface area contributed by atoms with Crippen LogP contribution in [0.25, 0.3) is 0 Å². The Morgan fingerprint density at radius 2 is 1.21 bits per heavy atom. The Bertz CT molecular complexity index is 1190. The van der Waals surface area contributed by atoms with Crippen molar-refractivity contribution in [3.63, 3.8) is 0 Å². The van der Waals surface area contributed by atoms with Crippen LogP contribution in [-0.2, 0) is 28.5 Å². The molecule has 0 bridgehead atoms. The maximum absolute atomic E-state index is 12.5. The molecule has 0 amide bonds. The van der Waals surface area contributed by atoms with Crippen molar-refractivity contribution in [2.45, 2.75) is 175 Å². The lowest BCUT2D eigenvalue weighted by molar-refractivity contribution is -0.366. The van der Waals surface area contributed by atoms with E-state index < -0.39 is 123 Å². The highest BCUT2D eigenvalue weighted by Gasteiger charge is 2.56. The Morgan fingerprint density at radius 3 is 1.83 bits per heavy atom. The molecule has 17 heteroatoms. The van der Waals surface area contributed by atoms with E-state index in [-0.39, 0.29) is 30.8 Å². The number of esters is 1. The Morgan fingerprint density at radius 1 is 0.642 bits per heavy atom. The molecular formula is C36H59O17+. The molecule has 11 N–H and O–H groups in total. The second kappa shape index (κ2) is 18.3. The number of hydrogen-bond acceptors (Lipinski definition) is 16. The van der Waals surface area contributed by atoms with Crippen molar-refractivity contribution >= 4 is 5.97 Å². The van der Waals surface area contributed by atoms with Crippen molar-refractivity contribution in [3.8, 4) is 0 Å². The van der Waals surface area contributed by atoms with Gasteiger partial charge in [0.25, 0.3) is 0 Å². The quantitative estimate of drug-likeness (QED) is 0.0603. The minimum absolute atomic E-state index is 0.0274. The molecule has 53 heavy (non-hydrogen) atoms. The minimum atomic E-state index is -1.70. The van der Waals surface area contributed by atoms with Crippen LogP contribution in [0.2, 0.25) is 0 Å². The van der Waals surface area contributed by atoms with Crippen LogP contribution in [0.1, 0.15) is 70.6 Å². The van der Waals surface area contributed by atoms with E-state index in [1.165, 1.54) is 6.08 Å². The molecular weight excluding hydrogens is 704 g/mol. The molecule has 304 valence electrons. The summed E-state index contributed by atoms with van der Waals surface area (Å²) in [4.78, 5) is 12.5. The van der Waals surface area contributed by atoms with Crippen LogP contribution >= 0.6 is 0 Å². The maximum atomic E-state index is 12.5. The summed E-state index contributed by atoms with van der Waals surface area (Å²) in [6.45, 7) is -1.07. The summed E-state index contributed by atoms with van der Waals surface area (Å²) in [6, 6.07) is 0. The van der Waals surface area contributed by atoms with Gasteiger partial charge in [0, 0.05) is 24.8 Å². The molecule has 16 atom stereocenters. The second-order valence-electron chi connectivity index (χ2n) is 15.9. The van der Waals surface area contributed by atoms with Gasteiger partial charge >= 0.3 is 5.97 Å². The predicted molar refractivity (Wildman–Crippen MR) is 179 cm³/mol. The Labute approximate surface area is 308 Å². The Hall–Kier alpha value is -1.39. The zero-order chi connectivity index (χ0) is 38.0. The van der Waals surface area contributed by atoms with Gasteiger partial charge in [-0.15, -0.1) is 0 Å². The molecule has 16 unspecified atom stereocenters. The number of ether oxygens (including phenoxy) is 6. The van der Waals surface area contributed by atoms with E-state index in [1.54, 1.807) is 6.08 Å². The summed E-state index contributed by atoms with van der Waals surface area (Å²) in [5, 5.41) is 104. The molecule has 0 aromatic heterocycles. The van der Waals surface area contributed by atoms with Crippen LogP contribution in [0.4, 0.5) is 0 Å². The van der Waals surface area contributed by atoms with Crippen LogP contribution in [-0.4, -0.2) is 179 Å². The van der Waals surface area contributed by atoms with E-state index in [4.69, 9.17) is 28.4 Å². The van der Waals surface area contributed by atoms with E-state index in [0.29, 0.717) is 44.9 Å². The van der Waals surface area contributed by atoms with Gasteiger partial charge in [-0.25, -0.2) is 4.79 Å². The van der Waals surface area contributed by atoms with Crippen molar-refractivity contribution in [2.24, 2.45) is 17.8 Å². The third-order valence-corrected chi connectivity index (χ3v) is 12.2. The summed E-state index contributed by atoms with van der Waals surface area (Å²) >= 11 is 0. The van der Waals surface area contributed by atoms with E-state index in [9.17, 15) is 55.9 Å². The average Bonchev–Trinajstić information content (AvgIpc) is 3.14. The first kappa shape index (κ1) is 41.2. The fourth-order valence-electron chi connectivity index (χ4n) is 9.02. The van der Waals surface area contributed by atoms with Gasteiger partial charge in [-0.2, -0.15) is 0 Å². The molecule has 3 saturated heterocycles. The predicted octanol–water partition coefficient (Wildman–Crippen LogP) is -2.99. The third kappa shape index (κ3) is 9.77. The summed E-state index contributed by atoms with van der Waals surface area (Å²) in [6.07, 6.45) is -10.3. The van der Waals surface area contributed by atoms with E-state index in [1.807, 2.05) is 0 Å². The van der Waals surface area contributed by atoms with Gasteiger partial charge < -0.3 is 79.5 Å². The number of hydrogen-bond donors (Lipinski definition) is 10. The van der Waals surface area contributed by atoms with Crippen LogP contribution in [0.3, 0.4) is 0 Å². The first-order valence-corrected chi connectivity index (χ1v) is 19.2. The summed E-state index contributed by atoms with van der Waals surface area (Å²) in [7, 11) is 0. The molecule has 0 radical (unpaired) electrons. The molecule has 3 saturated carbocycles. The van der Waals surface area contributed by atoms with Crippen LogP contribution in [0.15, 0.2) is 12.2 Å². The largest absolute Gasteiger partial charge is 0.460 e. The molecule has 17 nitrogen and oxygen atoms in total. The molecule has 3 heterocycles. The SMILES string of the molecule is O=C(C=CC1CCC(O)CC1)OCC1OC(OC2CC3C(OC4OC(CO)C(O)C(O)C4O)CC(O)CC3[OH+]C2C2CCC(O)CC2)C(O)C(O)C1O. The highest BCUT2D eigenvalue weighted by molar-refractivity contribution is 5.81.